The van der Waals surface area contributed by atoms with Gasteiger partial charge in [-0.25, -0.2) is 4.79 Å². The van der Waals surface area contributed by atoms with Gasteiger partial charge in [-0.2, -0.15) is 0 Å². The van der Waals surface area contributed by atoms with E-state index in [0.29, 0.717) is 25.3 Å². The Morgan fingerprint density at radius 1 is 1.38 bits per heavy atom. The molecule has 21 heavy (non-hydrogen) atoms. The number of ether oxygens (including phenoxy) is 1. The van der Waals surface area contributed by atoms with E-state index < -0.39 is 6.04 Å². The second-order valence-corrected chi connectivity index (χ2v) is 5.66. The molecule has 0 bridgehead atoms. The van der Waals surface area contributed by atoms with Crippen molar-refractivity contribution in [2.45, 2.75) is 52.1 Å². The summed E-state index contributed by atoms with van der Waals surface area (Å²) in [6.07, 6.45) is 4.48. The Hall–Kier alpha value is -1.78. The lowest BCUT2D eigenvalue weighted by Crippen LogP contribution is -2.49. The van der Waals surface area contributed by atoms with Crippen molar-refractivity contribution in [3.8, 4) is 0 Å². The van der Waals surface area contributed by atoms with Crippen molar-refractivity contribution in [3.63, 3.8) is 0 Å². The maximum absolute atomic E-state index is 12.8. The molecule has 0 saturated carbocycles. The zero-order valence-electron chi connectivity index (χ0n) is 13.0. The van der Waals surface area contributed by atoms with E-state index >= 15 is 0 Å². The summed E-state index contributed by atoms with van der Waals surface area (Å²) < 4.78 is 7.06. The molecule has 1 aliphatic heterocycles. The van der Waals surface area contributed by atoms with Gasteiger partial charge in [0.2, 0.25) is 0 Å². The van der Waals surface area contributed by atoms with Gasteiger partial charge < -0.3 is 14.2 Å². The molecule has 1 amide bonds. The third-order valence-electron chi connectivity index (χ3n) is 3.88. The molecule has 1 aromatic heterocycles. The van der Waals surface area contributed by atoms with Crippen LogP contribution in [0.25, 0.3) is 0 Å². The van der Waals surface area contributed by atoms with Gasteiger partial charge in [-0.3, -0.25) is 4.79 Å². The summed E-state index contributed by atoms with van der Waals surface area (Å²) in [7, 11) is 0. The first-order chi connectivity index (χ1) is 10.1. The average molecular weight is 292 g/mol. The van der Waals surface area contributed by atoms with Gasteiger partial charge in [0.1, 0.15) is 11.7 Å². The molecular formula is C16H24N2O3. The molecule has 2 rings (SSSR count). The number of piperidine rings is 1. The molecule has 1 fully saturated rings. The van der Waals surface area contributed by atoms with Crippen LogP contribution in [0.15, 0.2) is 18.3 Å². The van der Waals surface area contributed by atoms with Crippen LogP contribution in [-0.4, -0.2) is 40.5 Å². The number of carbonyl (C=O) groups is 2. The molecular weight excluding hydrogens is 268 g/mol. The summed E-state index contributed by atoms with van der Waals surface area (Å²) in [6, 6.07) is 3.46. The van der Waals surface area contributed by atoms with Gasteiger partial charge in [0.15, 0.2) is 0 Å². The van der Waals surface area contributed by atoms with Crippen LogP contribution in [-0.2, 0) is 9.53 Å². The van der Waals surface area contributed by atoms with Crippen LogP contribution in [0, 0.1) is 0 Å². The smallest absolute Gasteiger partial charge is 0.328 e. The molecule has 5 nitrogen and oxygen atoms in total. The van der Waals surface area contributed by atoms with Crippen LogP contribution in [0.4, 0.5) is 0 Å². The number of rotatable bonds is 4. The molecule has 1 unspecified atom stereocenters. The summed E-state index contributed by atoms with van der Waals surface area (Å²) in [5.41, 5.74) is 0.640. The van der Waals surface area contributed by atoms with Crippen LogP contribution in [0.2, 0.25) is 0 Å². The monoisotopic (exact) mass is 292 g/mol. The fourth-order valence-electron chi connectivity index (χ4n) is 2.83. The van der Waals surface area contributed by atoms with Crippen molar-refractivity contribution in [3.05, 3.63) is 24.0 Å². The van der Waals surface area contributed by atoms with Gasteiger partial charge in [-0.1, -0.05) is 0 Å². The Morgan fingerprint density at radius 3 is 2.81 bits per heavy atom. The number of carbonyl (C=O) groups excluding carboxylic acids is 2. The van der Waals surface area contributed by atoms with Crippen molar-refractivity contribution in [2.24, 2.45) is 0 Å². The Kier molecular flexibility index (Phi) is 5.04. The first-order valence-electron chi connectivity index (χ1n) is 7.70. The minimum Gasteiger partial charge on any atom is -0.464 e. The molecule has 0 aliphatic carbocycles. The number of amides is 1. The number of esters is 1. The molecule has 116 valence electrons. The molecule has 1 atom stereocenters. The van der Waals surface area contributed by atoms with Crippen molar-refractivity contribution < 1.29 is 14.3 Å². The number of hydrogen-bond donors (Lipinski definition) is 0. The van der Waals surface area contributed by atoms with Gasteiger partial charge >= 0.3 is 5.97 Å². The van der Waals surface area contributed by atoms with Gasteiger partial charge in [0.05, 0.1) is 6.61 Å². The molecule has 0 spiro atoms. The van der Waals surface area contributed by atoms with Crippen LogP contribution >= 0.6 is 0 Å². The minimum absolute atomic E-state index is 0.0774. The molecule has 0 radical (unpaired) electrons. The fourth-order valence-corrected chi connectivity index (χ4v) is 2.83. The molecule has 0 aromatic carbocycles. The summed E-state index contributed by atoms with van der Waals surface area (Å²) in [5, 5.41) is 0. The molecule has 1 aromatic rings. The van der Waals surface area contributed by atoms with Gasteiger partial charge in [0.25, 0.3) is 5.91 Å². The Morgan fingerprint density at radius 2 is 2.14 bits per heavy atom. The molecule has 2 heterocycles. The van der Waals surface area contributed by atoms with Crippen molar-refractivity contribution in [1.82, 2.24) is 9.47 Å². The summed E-state index contributed by atoms with van der Waals surface area (Å²) in [6.45, 7) is 6.83. The zero-order chi connectivity index (χ0) is 15.4. The van der Waals surface area contributed by atoms with E-state index in [1.165, 1.54) is 0 Å². The zero-order valence-corrected chi connectivity index (χ0v) is 13.0. The highest BCUT2D eigenvalue weighted by Gasteiger charge is 2.34. The Labute approximate surface area is 125 Å². The first-order valence-corrected chi connectivity index (χ1v) is 7.70. The number of nitrogens with zero attached hydrogens (tertiary/aromatic N) is 2. The third-order valence-corrected chi connectivity index (χ3v) is 3.88. The molecule has 1 saturated heterocycles. The highest BCUT2D eigenvalue weighted by Crippen LogP contribution is 2.22. The van der Waals surface area contributed by atoms with E-state index in [-0.39, 0.29) is 17.9 Å². The third kappa shape index (κ3) is 3.28. The predicted octanol–water partition coefficient (Wildman–Crippen LogP) is 2.63. The van der Waals surface area contributed by atoms with Gasteiger partial charge in [-0.15, -0.1) is 0 Å². The second kappa shape index (κ2) is 6.78. The quantitative estimate of drug-likeness (QED) is 0.802. The average Bonchev–Trinajstić information content (AvgIpc) is 2.96. The number of likely N-dealkylation sites (tertiary alicyclic amines) is 1. The molecule has 1 aliphatic rings. The Balaban J connectivity index is 2.22. The second-order valence-electron chi connectivity index (χ2n) is 5.66. The van der Waals surface area contributed by atoms with Crippen molar-refractivity contribution >= 4 is 11.9 Å². The summed E-state index contributed by atoms with van der Waals surface area (Å²) in [5.74, 6) is -0.361. The SMILES string of the molecule is CCOC(=O)C1CCCCN1C(=O)c1cccn1C(C)C. The minimum atomic E-state index is -0.443. The van der Waals surface area contributed by atoms with Crippen LogP contribution in [0.3, 0.4) is 0 Å². The summed E-state index contributed by atoms with van der Waals surface area (Å²) >= 11 is 0. The van der Waals surface area contributed by atoms with E-state index in [2.05, 4.69) is 0 Å². The molecule has 0 N–H and O–H groups in total. The number of hydrogen-bond acceptors (Lipinski definition) is 3. The molecule has 5 heteroatoms. The van der Waals surface area contributed by atoms with Gasteiger partial charge in [0, 0.05) is 18.8 Å². The van der Waals surface area contributed by atoms with E-state index in [4.69, 9.17) is 4.74 Å². The summed E-state index contributed by atoms with van der Waals surface area (Å²) in [4.78, 5) is 26.6. The van der Waals surface area contributed by atoms with E-state index in [0.717, 1.165) is 12.8 Å². The van der Waals surface area contributed by atoms with Gasteiger partial charge in [-0.05, 0) is 52.2 Å². The van der Waals surface area contributed by atoms with Crippen LogP contribution in [0.5, 0.6) is 0 Å². The normalized spacial score (nSPS) is 18.9. The topological polar surface area (TPSA) is 51.5 Å². The maximum atomic E-state index is 12.8. The lowest BCUT2D eigenvalue weighted by molar-refractivity contribution is -0.149. The standard InChI is InChI=1S/C16H24N2O3/c1-4-21-16(20)14-8-5-6-10-18(14)15(19)13-9-7-11-17(13)12(2)3/h7,9,11-12,14H,4-6,8,10H2,1-3H3. The first kappa shape index (κ1) is 15.6. The number of aromatic nitrogens is 1. The van der Waals surface area contributed by atoms with Crippen LogP contribution < -0.4 is 0 Å². The Bertz CT molecular complexity index is 507. The highest BCUT2D eigenvalue weighted by molar-refractivity contribution is 5.95. The predicted molar refractivity (Wildman–Crippen MR) is 80.1 cm³/mol. The van der Waals surface area contributed by atoms with E-state index in [1.54, 1.807) is 11.8 Å². The lowest BCUT2D eigenvalue weighted by Gasteiger charge is -2.34. The van der Waals surface area contributed by atoms with Crippen molar-refractivity contribution in [1.29, 1.82) is 0 Å². The lowest BCUT2D eigenvalue weighted by atomic mass is 10.0. The fraction of sp³-hybridized carbons (Fsp3) is 0.625. The van der Waals surface area contributed by atoms with E-state index in [1.807, 2.05) is 36.7 Å². The van der Waals surface area contributed by atoms with Crippen molar-refractivity contribution in [2.75, 3.05) is 13.2 Å². The van der Waals surface area contributed by atoms with E-state index in [9.17, 15) is 9.59 Å². The largest absolute Gasteiger partial charge is 0.464 e. The highest BCUT2D eigenvalue weighted by atomic mass is 16.5. The maximum Gasteiger partial charge on any atom is 0.328 e. The van der Waals surface area contributed by atoms with Crippen LogP contribution in [0.1, 0.15) is 56.6 Å².